The van der Waals surface area contributed by atoms with Crippen LogP contribution in [-0.2, 0) is 10.8 Å². The van der Waals surface area contributed by atoms with E-state index < -0.39 is 28.3 Å². The summed E-state index contributed by atoms with van der Waals surface area (Å²) >= 11 is 1.55. The van der Waals surface area contributed by atoms with E-state index in [1.807, 2.05) is 0 Å². The highest BCUT2D eigenvalue weighted by Crippen LogP contribution is 2.21. The van der Waals surface area contributed by atoms with Crippen molar-refractivity contribution < 1.29 is 17.8 Å². The van der Waals surface area contributed by atoms with Gasteiger partial charge in [0.2, 0.25) is 0 Å². The molecule has 2 aromatic rings. The second-order valence-corrected chi connectivity index (χ2v) is 6.64. The Labute approximate surface area is 136 Å². The maximum absolute atomic E-state index is 13.4. The van der Waals surface area contributed by atoms with Gasteiger partial charge in [-0.05, 0) is 59.0 Å². The Bertz CT molecular complexity index is 696. The van der Waals surface area contributed by atoms with Gasteiger partial charge in [-0.15, -0.1) is 0 Å². The number of carbonyl (C=O) groups excluding carboxylic acids is 1. The predicted octanol–water partition coefficient (Wildman–Crippen LogP) is 3.56. The summed E-state index contributed by atoms with van der Waals surface area (Å²) in [4.78, 5) is 12.6. The second kappa shape index (κ2) is 6.61. The van der Waals surface area contributed by atoms with E-state index in [0.29, 0.717) is 10.5 Å². The van der Waals surface area contributed by atoms with Crippen LogP contribution < -0.4 is 5.32 Å². The number of anilines is 1. The first kappa shape index (κ1) is 16.0. The van der Waals surface area contributed by atoms with E-state index in [4.69, 9.17) is 0 Å². The summed E-state index contributed by atoms with van der Waals surface area (Å²) in [6, 6.07) is 8.26. The van der Waals surface area contributed by atoms with E-state index in [1.165, 1.54) is 18.4 Å². The number of rotatable bonds is 3. The van der Waals surface area contributed by atoms with Gasteiger partial charge in [-0.25, -0.2) is 8.78 Å². The molecule has 0 saturated heterocycles. The fourth-order valence-electron chi connectivity index (χ4n) is 1.63. The summed E-state index contributed by atoms with van der Waals surface area (Å²) in [5.41, 5.74) is 0.349. The van der Waals surface area contributed by atoms with Crippen molar-refractivity contribution in [3.63, 3.8) is 0 Å². The number of halogens is 3. The molecule has 7 heteroatoms. The molecule has 1 N–H and O–H groups in total. The van der Waals surface area contributed by atoms with Crippen molar-refractivity contribution in [2.24, 2.45) is 0 Å². The zero-order chi connectivity index (χ0) is 15.6. The Morgan fingerprint density at radius 2 is 1.67 bits per heavy atom. The Balaban J connectivity index is 2.20. The molecule has 21 heavy (non-hydrogen) atoms. The van der Waals surface area contributed by atoms with Gasteiger partial charge in [0.15, 0.2) is 0 Å². The maximum Gasteiger partial charge on any atom is 0.255 e. The van der Waals surface area contributed by atoms with E-state index >= 15 is 0 Å². The number of benzene rings is 2. The van der Waals surface area contributed by atoms with Crippen LogP contribution in [0.4, 0.5) is 14.5 Å². The molecule has 0 aliphatic rings. The maximum atomic E-state index is 13.4. The molecule has 0 fully saturated rings. The summed E-state index contributed by atoms with van der Waals surface area (Å²) in [6.45, 7) is 0. The Morgan fingerprint density at radius 3 is 2.14 bits per heavy atom. The van der Waals surface area contributed by atoms with Gasteiger partial charge >= 0.3 is 0 Å². The summed E-state index contributed by atoms with van der Waals surface area (Å²) in [7, 11) is -1.13. The highest BCUT2D eigenvalue weighted by molar-refractivity contribution is 14.1. The Hall–Kier alpha value is -1.35. The van der Waals surface area contributed by atoms with E-state index in [9.17, 15) is 17.8 Å². The van der Waals surface area contributed by atoms with Crippen LogP contribution in [0.15, 0.2) is 41.3 Å². The summed E-state index contributed by atoms with van der Waals surface area (Å²) in [5.74, 6) is -1.96. The quantitative estimate of drug-likeness (QED) is 0.609. The SMILES string of the molecule is CS(=O)c1ccc(C(=O)Nc2cc(F)c(I)c(F)c2)cc1. The lowest BCUT2D eigenvalue weighted by Gasteiger charge is -2.07. The first-order valence-corrected chi connectivity index (χ1v) is 8.41. The molecule has 0 bridgehead atoms. The van der Waals surface area contributed by atoms with Crippen LogP contribution in [0, 0.1) is 15.2 Å². The highest BCUT2D eigenvalue weighted by Gasteiger charge is 2.11. The third-order valence-corrected chi connectivity index (χ3v) is 4.66. The largest absolute Gasteiger partial charge is 0.322 e. The van der Waals surface area contributed by atoms with Gasteiger partial charge in [0, 0.05) is 33.2 Å². The minimum Gasteiger partial charge on any atom is -0.322 e. The Morgan fingerprint density at radius 1 is 1.14 bits per heavy atom. The van der Waals surface area contributed by atoms with Crippen LogP contribution in [-0.4, -0.2) is 16.4 Å². The van der Waals surface area contributed by atoms with E-state index in [1.54, 1.807) is 34.7 Å². The third kappa shape index (κ3) is 3.85. The molecule has 1 amide bonds. The van der Waals surface area contributed by atoms with Gasteiger partial charge < -0.3 is 5.32 Å². The molecule has 1 atom stereocenters. The number of hydrogen-bond donors (Lipinski definition) is 1. The first-order valence-electron chi connectivity index (χ1n) is 5.78. The van der Waals surface area contributed by atoms with Crippen LogP contribution in [0.1, 0.15) is 10.4 Å². The summed E-state index contributed by atoms with van der Waals surface area (Å²) in [5, 5.41) is 2.42. The number of carbonyl (C=O) groups is 1. The van der Waals surface area contributed by atoms with Crippen LogP contribution in [0.3, 0.4) is 0 Å². The molecule has 0 aliphatic heterocycles. The van der Waals surface area contributed by atoms with Crippen molar-refractivity contribution in [3.05, 3.63) is 57.2 Å². The minimum absolute atomic E-state index is 0.0403. The first-order chi connectivity index (χ1) is 9.88. The van der Waals surface area contributed by atoms with Crippen LogP contribution in [0.25, 0.3) is 0 Å². The number of amides is 1. The highest BCUT2D eigenvalue weighted by atomic mass is 127. The molecular weight excluding hydrogens is 411 g/mol. The van der Waals surface area contributed by atoms with Crippen molar-refractivity contribution in [1.82, 2.24) is 0 Å². The van der Waals surface area contributed by atoms with Gasteiger partial charge in [0.1, 0.15) is 11.6 Å². The minimum atomic E-state index is -1.13. The monoisotopic (exact) mass is 421 g/mol. The zero-order valence-electron chi connectivity index (χ0n) is 10.8. The van der Waals surface area contributed by atoms with Crippen molar-refractivity contribution in [2.45, 2.75) is 4.90 Å². The normalized spacial score (nSPS) is 12.0. The molecule has 2 rings (SSSR count). The lowest BCUT2D eigenvalue weighted by Crippen LogP contribution is -2.12. The van der Waals surface area contributed by atoms with Crippen molar-refractivity contribution >= 4 is 45.0 Å². The van der Waals surface area contributed by atoms with Gasteiger partial charge in [0.25, 0.3) is 5.91 Å². The molecule has 0 spiro atoms. The molecule has 0 aliphatic carbocycles. The zero-order valence-corrected chi connectivity index (χ0v) is 13.8. The summed E-state index contributed by atoms with van der Waals surface area (Å²) < 4.78 is 37.9. The molecular formula is C14H10F2INO2S. The second-order valence-electron chi connectivity index (χ2n) is 4.19. The summed E-state index contributed by atoms with van der Waals surface area (Å²) in [6.07, 6.45) is 1.53. The molecule has 0 saturated carbocycles. The molecule has 0 radical (unpaired) electrons. The van der Waals surface area contributed by atoms with Gasteiger partial charge in [-0.3, -0.25) is 9.00 Å². The van der Waals surface area contributed by atoms with Crippen molar-refractivity contribution in [1.29, 1.82) is 0 Å². The fourth-order valence-corrected chi connectivity index (χ4v) is 2.46. The van der Waals surface area contributed by atoms with Crippen LogP contribution >= 0.6 is 22.6 Å². The van der Waals surface area contributed by atoms with Gasteiger partial charge in [-0.2, -0.15) is 0 Å². The van der Waals surface area contributed by atoms with E-state index in [-0.39, 0.29) is 9.26 Å². The topological polar surface area (TPSA) is 46.2 Å². The number of hydrogen-bond acceptors (Lipinski definition) is 2. The lowest BCUT2D eigenvalue weighted by atomic mass is 10.2. The molecule has 110 valence electrons. The van der Waals surface area contributed by atoms with E-state index in [2.05, 4.69) is 5.32 Å². The van der Waals surface area contributed by atoms with Crippen molar-refractivity contribution in [3.8, 4) is 0 Å². The standard InChI is InChI=1S/C14H10F2INO2S/c1-21(20)10-4-2-8(3-5-10)14(19)18-9-6-11(15)13(17)12(16)7-9/h2-7H,1H3,(H,18,19). The van der Waals surface area contributed by atoms with Gasteiger partial charge in [-0.1, -0.05) is 0 Å². The molecule has 0 aromatic heterocycles. The Kier molecular flexibility index (Phi) is 5.04. The van der Waals surface area contributed by atoms with E-state index in [0.717, 1.165) is 12.1 Å². The molecule has 1 unspecified atom stereocenters. The fraction of sp³-hybridized carbons (Fsp3) is 0.0714. The smallest absolute Gasteiger partial charge is 0.255 e. The van der Waals surface area contributed by atoms with Crippen molar-refractivity contribution in [2.75, 3.05) is 11.6 Å². The van der Waals surface area contributed by atoms with Crippen LogP contribution in [0.2, 0.25) is 0 Å². The average Bonchev–Trinajstić information content (AvgIpc) is 2.44. The third-order valence-electron chi connectivity index (χ3n) is 2.69. The molecule has 2 aromatic carbocycles. The predicted molar refractivity (Wildman–Crippen MR) is 85.8 cm³/mol. The molecule has 3 nitrogen and oxygen atoms in total. The average molecular weight is 421 g/mol. The number of nitrogens with one attached hydrogen (secondary N) is 1. The van der Waals surface area contributed by atoms with Gasteiger partial charge in [0.05, 0.1) is 3.57 Å². The van der Waals surface area contributed by atoms with Crippen LogP contribution in [0.5, 0.6) is 0 Å². The molecule has 0 heterocycles. The lowest BCUT2D eigenvalue weighted by molar-refractivity contribution is 0.102.